The summed E-state index contributed by atoms with van der Waals surface area (Å²) in [5.74, 6) is 0.702. The molecule has 0 aromatic carbocycles. The van der Waals surface area contributed by atoms with Gasteiger partial charge in [0, 0.05) is 19.6 Å². The highest BCUT2D eigenvalue weighted by molar-refractivity contribution is 5.73. The van der Waals surface area contributed by atoms with Crippen LogP contribution < -0.4 is 5.73 Å². The fraction of sp³-hybridized carbons (Fsp3) is 0.909. The number of nitrogens with two attached hydrogens (primary N) is 1. The van der Waals surface area contributed by atoms with Crippen molar-refractivity contribution in [2.24, 2.45) is 17.6 Å². The van der Waals surface area contributed by atoms with E-state index in [1.165, 1.54) is 25.7 Å². The molecule has 4 heteroatoms. The van der Waals surface area contributed by atoms with Crippen molar-refractivity contribution in [3.05, 3.63) is 0 Å². The molecule has 0 saturated heterocycles. The van der Waals surface area contributed by atoms with E-state index in [2.05, 4.69) is 4.90 Å². The van der Waals surface area contributed by atoms with E-state index in [9.17, 15) is 4.79 Å². The highest BCUT2D eigenvalue weighted by Gasteiger charge is 2.34. The zero-order valence-electron chi connectivity index (χ0n) is 9.06. The fourth-order valence-electron chi connectivity index (χ4n) is 2.00. The van der Waals surface area contributed by atoms with Crippen molar-refractivity contribution >= 4 is 5.97 Å². The number of aliphatic carboxylic acids is 1. The average Bonchev–Trinajstić information content (AvgIpc) is 2.98. The van der Waals surface area contributed by atoms with Crippen molar-refractivity contribution in [1.29, 1.82) is 0 Å². The van der Waals surface area contributed by atoms with Crippen LogP contribution in [-0.2, 0) is 4.79 Å². The maximum absolute atomic E-state index is 11.1. The summed E-state index contributed by atoms with van der Waals surface area (Å²) in [5, 5.41) is 9.09. The third-order valence-corrected chi connectivity index (χ3v) is 3.33. The van der Waals surface area contributed by atoms with Crippen LogP contribution in [0.25, 0.3) is 0 Å². The van der Waals surface area contributed by atoms with Crippen LogP contribution in [0.1, 0.15) is 25.7 Å². The van der Waals surface area contributed by atoms with Gasteiger partial charge in [-0.3, -0.25) is 9.69 Å². The number of hydrogen-bond donors (Lipinski definition) is 2. The lowest BCUT2D eigenvalue weighted by atomic mass is 10.2. The molecule has 1 unspecified atom stereocenters. The summed E-state index contributed by atoms with van der Waals surface area (Å²) in [4.78, 5) is 13.1. The van der Waals surface area contributed by atoms with Crippen LogP contribution in [0.5, 0.6) is 0 Å². The molecule has 3 N–H and O–H groups in total. The summed E-state index contributed by atoms with van der Waals surface area (Å²) in [6, 6.07) is -0.466. The van der Waals surface area contributed by atoms with Crippen molar-refractivity contribution < 1.29 is 9.90 Å². The second-order valence-electron chi connectivity index (χ2n) is 4.93. The lowest BCUT2D eigenvalue weighted by molar-refractivity contribution is -0.143. The van der Waals surface area contributed by atoms with Gasteiger partial charge in [0.15, 0.2) is 0 Å². The van der Waals surface area contributed by atoms with Crippen LogP contribution in [0.15, 0.2) is 0 Å². The van der Waals surface area contributed by atoms with E-state index in [0.717, 1.165) is 24.9 Å². The van der Waals surface area contributed by atoms with E-state index >= 15 is 0 Å². The molecule has 2 rings (SSSR count). The van der Waals surface area contributed by atoms with E-state index < -0.39 is 12.0 Å². The van der Waals surface area contributed by atoms with Gasteiger partial charge < -0.3 is 10.8 Å². The quantitative estimate of drug-likeness (QED) is 0.645. The lowest BCUT2D eigenvalue weighted by Crippen LogP contribution is -2.47. The van der Waals surface area contributed by atoms with Crippen molar-refractivity contribution in [2.45, 2.75) is 31.7 Å². The molecule has 0 aromatic heterocycles. The molecule has 15 heavy (non-hydrogen) atoms. The van der Waals surface area contributed by atoms with Crippen molar-refractivity contribution in [2.75, 3.05) is 19.6 Å². The van der Waals surface area contributed by atoms with Gasteiger partial charge in [-0.15, -0.1) is 0 Å². The van der Waals surface area contributed by atoms with Gasteiger partial charge in [-0.1, -0.05) is 0 Å². The molecule has 0 amide bonds. The van der Waals surface area contributed by atoms with Crippen LogP contribution in [0.2, 0.25) is 0 Å². The summed E-state index contributed by atoms with van der Waals surface area (Å²) in [6.07, 6.45) is 5.05. The molecule has 0 spiro atoms. The SMILES string of the molecule is NCC(C(=O)O)N(CC1CC1)CC1CC1. The van der Waals surface area contributed by atoms with Gasteiger partial charge in [0.05, 0.1) is 0 Å². The molecule has 0 aromatic rings. The molecule has 2 aliphatic carbocycles. The topological polar surface area (TPSA) is 66.6 Å². The molecular weight excluding hydrogens is 192 g/mol. The third-order valence-electron chi connectivity index (χ3n) is 3.33. The first-order chi connectivity index (χ1) is 7.20. The molecule has 0 heterocycles. The molecule has 86 valence electrons. The highest BCUT2D eigenvalue weighted by Crippen LogP contribution is 2.34. The van der Waals surface area contributed by atoms with Gasteiger partial charge in [0.1, 0.15) is 6.04 Å². The summed E-state index contributed by atoms with van der Waals surface area (Å²) < 4.78 is 0. The first kappa shape index (κ1) is 10.9. The van der Waals surface area contributed by atoms with Gasteiger partial charge in [-0.05, 0) is 37.5 Å². The fourth-order valence-corrected chi connectivity index (χ4v) is 2.00. The molecule has 4 nitrogen and oxygen atoms in total. The Labute approximate surface area is 90.4 Å². The Morgan fingerprint density at radius 3 is 2.00 bits per heavy atom. The minimum absolute atomic E-state index is 0.231. The average molecular weight is 212 g/mol. The molecule has 2 aliphatic rings. The van der Waals surface area contributed by atoms with Gasteiger partial charge in [-0.2, -0.15) is 0 Å². The van der Waals surface area contributed by atoms with E-state index in [-0.39, 0.29) is 6.54 Å². The lowest BCUT2D eigenvalue weighted by Gasteiger charge is -2.27. The van der Waals surface area contributed by atoms with Gasteiger partial charge in [-0.25, -0.2) is 0 Å². The van der Waals surface area contributed by atoms with Crippen LogP contribution in [0.3, 0.4) is 0 Å². The number of carboxylic acids is 1. The van der Waals surface area contributed by atoms with Crippen molar-refractivity contribution in [3.63, 3.8) is 0 Å². The summed E-state index contributed by atoms with van der Waals surface area (Å²) in [5.41, 5.74) is 5.54. The number of carbonyl (C=O) groups is 1. The second-order valence-corrected chi connectivity index (χ2v) is 4.93. The zero-order valence-corrected chi connectivity index (χ0v) is 9.06. The van der Waals surface area contributed by atoms with Gasteiger partial charge >= 0.3 is 5.97 Å². The number of nitrogens with zero attached hydrogens (tertiary/aromatic N) is 1. The minimum atomic E-state index is -0.765. The standard InChI is InChI=1S/C11H20N2O2/c12-5-10(11(14)15)13(6-8-1-2-8)7-9-3-4-9/h8-10H,1-7,12H2,(H,14,15). The van der Waals surface area contributed by atoms with Gasteiger partial charge in [0.2, 0.25) is 0 Å². The molecule has 0 aliphatic heterocycles. The number of rotatable bonds is 7. The predicted octanol–water partition coefficient (Wildman–Crippen LogP) is 0.520. The number of carboxylic acid groups (broad SMARTS) is 1. The maximum atomic E-state index is 11.1. The van der Waals surface area contributed by atoms with E-state index in [1.807, 2.05) is 0 Å². The van der Waals surface area contributed by atoms with Gasteiger partial charge in [0.25, 0.3) is 0 Å². The Kier molecular flexibility index (Phi) is 3.26. The monoisotopic (exact) mass is 212 g/mol. The highest BCUT2D eigenvalue weighted by atomic mass is 16.4. The first-order valence-corrected chi connectivity index (χ1v) is 5.87. The normalized spacial score (nSPS) is 23.1. The molecule has 2 saturated carbocycles. The maximum Gasteiger partial charge on any atom is 0.322 e. The van der Waals surface area contributed by atoms with E-state index in [0.29, 0.717) is 0 Å². The summed E-state index contributed by atoms with van der Waals surface area (Å²) >= 11 is 0. The zero-order chi connectivity index (χ0) is 10.8. The third kappa shape index (κ3) is 3.18. The van der Waals surface area contributed by atoms with Crippen molar-refractivity contribution in [1.82, 2.24) is 4.90 Å². The Morgan fingerprint density at radius 1 is 1.27 bits per heavy atom. The molecule has 1 atom stereocenters. The predicted molar refractivity (Wildman–Crippen MR) is 57.5 cm³/mol. The Balaban J connectivity index is 1.90. The van der Waals surface area contributed by atoms with Crippen LogP contribution in [0, 0.1) is 11.8 Å². The molecule has 0 radical (unpaired) electrons. The Bertz CT molecular complexity index is 223. The molecule has 0 bridgehead atoms. The van der Waals surface area contributed by atoms with E-state index in [1.54, 1.807) is 0 Å². The molecule has 2 fully saturated rings. The number of hydrogen-bond acceptors (Lipinski definition) is 3. The second kappa shape index (κ2) is 4.49. The van der Waals surface area contributed by atoms with Crippen LogP contribution >= 0.6 is 0 Å². The Hall–Kier alpha value is -0.610. The minimum Gasteiger partial charge on any atom is -0.480 e. The summed E-state index contributed by atoms with van der Waals surface area (Å²) in [7, 11) is 0. The van der Waals surface area contributed by atoms with E-state index in [4.69, 9.17) is 10.8 Å². The van der Waals surface area contributed by atoms with Crippen LogP contribution in [0.4, 0.5) is 0 Å². The smallest absolute Gasteiger partial charge is 0.322 e. The summed E-state index contributed by atoms with van der Waals surface area (Å²) in [6.45, 7) is 2.10. The first-order valence-electron chi connectivity index (χ1n) is 5.87. The Morgan fingerprint density at radius 2 is 1.73 bits per heavy atom. The molecular formula is C11H20N2O2. The van der Waals surface area contributed by atoms with Crippen molar-refractivity contribution in [3.8, 4) is 0 Å². The largest absolute Gasteiger partial charge is 0.480 e. The van der Waals surface area contributed by atoms with Crippen LogP contribution in [-0.4, -0.2) is 41.7 Å².